The first-order valence-corrected chi connectivity index (χ1v) is 16.7. The van der Waals surface area contributed by atoms with E-state index in [1.807, 2.05) is 12.1 Å². The Morgan fingerprint density at radius 3 is 2.65 bits per heavy atom. The highest BCUT2D eigenvalue weighted by molar-refractivity contribution is 8.01. The summed E-state index contributed by atoms with van der Waals surface area (Å²) in [6.45, 7) is 2.73. The van der Waals surface area contributed by atoms with Crippen molar-refractivity contribution in [3.05, 3.63) is 71.5 Å². The van der Waals surface area contributed by atoms with E-state index in [0.717, 1.165) is 20.1 Å². The van der Waals surface area contributed by atoms with Crippen LogP contribution >= 0.6 is 23.1 Å². The van der Waals surface area contributed by atoms with Crippen molar-refractivity contribution < 1.29 is 28.7 Å². The van der Waals surface area contributed by atoms with Gasteiger partial charge in [-0.05, 0) is 72.9 Å². The molecule has 10 nitrogen and oxygen atoms in total. The van der Waals surface area contributed by atoms with Crippen molar-refractivity contribution in [1.82, 2.24) is 20.5 Å². The first-order chi connectivity index (χ1) is 22.2. The number of hydrogen-bond acceptors (Lipinski definition) is 8. The number of anilines is 1. The Morgan fingerprint density at radius 1 is 1.00 bits per heavy atom. The van der Waals surface area contributed by atoms with Gasteiger partial charge in [0.05, 0.1) is 21.5 Å². The van der Waals surface area contributed by atoms with Crippen LogP contribution < -0.4 is 16.0 Å². The number of benzene rings is 3. The SMILES string of the molecule is CC(=O)Nc1ccc2nc(SCC(=O)N3CCCNC(=O)c4cc(ccc4F)-c4cc(ccc4O)CCNC(=O)CCC3)sc2c1. The number of carbonyl (C=O) groups excluding carboxylic acids is 4. The summed E-state index contributed by atoms with van der Waals surface area (Å²) in [5.74, 6) is -1.54. The van der Waals surface area contributed by atoms with Gasteiger partial charge in [0.25, 0.3) is 5.91 Å². The van der Waals surface area contributed by atoms with Gasteiger partial charge in [0.1, 0.15) is 11.6 Å². The molecule has 4 amide bonds. The number of amides is 4. The fourth-order valence-electron chi connectivity index (χ4n) is 5.09. The second-order valence-electron chi connectivity index (χ2n) is 10.9. The normalized spacial score (nSPS) is 14.9. The summed E-state index contributed by atoms with van der Waals surface area (Å²) < 4.78 is 16.3. The van der Waals surface area contributed by atoms with Crippen LogP contribution in [-0.4, -0.2) is 70.6 Å². The molecule has 4 N–H and O–H groups in total. The predicted octanol–water partition coefficient (Wildman–Crippen LogP) is 4.96. The highest BCUT2D eigenvalue weighted by atomic mass is 32.2. The molecule has 240 valence electrons. The van der Waals surface area contributed by atoms with Crippen LogP contribution in [0.1, 0.15) is 42.1 Å². The van der Waals surface area contributed by atoms with Crippen LogP contribution in [0.2, 0.25) is 0 Å². The van der Waals surface area contributed by atoms with Crippen molar-refractivity contribution >= 4 is 62.6 Å². The second-order valence-corrected chi connectivity index (χ2v) is 13.1. The minimum Gasteiger partial charge on any atom is -0.507 e. The van der Waals surface area contributed by atoms with Gasteiger partial charge in [0.15, 0.2) is 4.34 Å². The van der Waals surface area contributed by atoms with Crippen molar-refractivity contribution in [2.24, 2.45) is 0 Å². The number of hydrogen-bond donors (Lipinski definition) is 4. The Hall–Kier alpha value is -4.49. The second kappa shape index (κ2) is 15.2. The van der Waals surface area contributed by atoms with Crippen molar-refractivity contribution in [3.63, 3.8) is 0 Å². The molecule has 0 aliphatic carbocycles. The zero-order valence-corrected chi connectivity index (χ0v) is 26.9. The average molecular weight is 664 g/mol. The minimum absolute atomic E-state index is 0.00111. The lowest BCUT2D eigenvalue weighted by atomic mass is 9.98. The van der Waals surface area contributed by atoms with Gasteiger partial charge in [0, 0.05) is 50.8 Å². The maximum atomic E-state index is 14.7. The quantitative estimate of drug-likeness (QED) is 0.226. The van der Waals surface area contributed by atoms with Crippen LogP contribution in [0.5, 0.6) is 5.75 Å². The summed E-state index contributed by atoms with van der Waals surface area (Å²) in [5.41, 5.74) is 3.12. The molecule has 0 unspecified atom stereocenters. The minimum atomic E-state index is -0.680. The number of thiazole rings is 1. The molecule has 0 saturated heterocycles. The Labute approximate surface area is 273 Å². The van der Waals surface area contributed by atoms with Crippen LogP contribution in [0.25, 0.3) is 21.3 Å². The van der Waals surface area contributed by atoms with Gasteiger partial charge in [-0.15, -0.1) is 11.3 Å². The molecular formula is C33H34FN5O5S2. The Kier molecular flexibility index (Phi) is 10.9. The van der Waals surface area contributed by atoms with E-state index < -0.39 is 11.7 Å². The summed E-state index contributed by atoms with van der Waals surface area (Å²) in [6, 6.07) is 14.6. The zero-order valence-electron chi connectivity index (χ0n) is 25.2. The number of nitrogens with one attached hydrogen (secondary N) is 3. The van der Waals surface area contributed by atoms with Gasteiger partial charge in [-0.3, -0.25) is 19.2 Å². The van der Waals surface area contributed by atoms with Gasteiger partial charge < -0.3 is 26.0 Å². The third-order valence-electron chi connectivity index (χ3n) is 7.40. The Balaban J connectivity index is 1.26. The summed E-state index contributed by atoms with van der Waals surface area (Å²) in [7, 11) is 0. The Bertz CT molecular complexity index is 1780. The lowest BCUT2D eigenvalue weighted by Crippen LogP contribution is -2.37. The van der Waals surface area contributed by atoms with Crippen molar-refractivity contribution in [2.75, 3.05) is 37.2 Å². The van der Waals surface area contributed by atoms with E-state index in [4.69, 9.17) is 0 Å². The van der Waals surface area contributed by atoms with E-state index in [1.165, 1.54) is 48.2 Å². The molecule has 0 fully saturated rings. The fraction of sp³-hybridized carbons (Fsp3) is 0.303. The van der Waals surface area contributed by atoms with Crippen molar-refractivity contribution in [3.8, 4) is 16.9 Å². The maximum absolute atomic E-state index is 14.7. The summed E-state index contributed by atoms with van der Waals surface area (Å²) in [4.78, 5) is 56.5. The lowest BCUT2D eigenvalue weighted by molar-refractivity contribution is -0.129. The van der Waals surface area contributed by atoms with Crippen LogP contribution in [0.4, 0.5) is 10.1 Å². The predicted molar refractivity (Wildman–Crippen MR) is 178 cm³/mol. The average Bonchev–Trinajstić information content (AvgIpc) is 3.43. The molecule has 0 atom stereocenters. The number of thioether (sulfide) groups is 1. The number of nitrogens with zero attached hydrogens (tertiary/aromatic N) is 2. The molecule has 0 saturated carbocycles. The van der Waals surface area contributed by atoms with Gasteiger partial charge in [-0.1, -0.05) is 23.9 Å². The molecule has 1 aliphatic heterocycles. The first kappa shape index (κ1) is 32.9. The monoisotopic (exact) mass is 663 g/mol. The number of fused-ring (bicyclic) bond motifs is 6. The van der Waals surface area contributed by atoms with Gasteiger partial charge in [-0.2, -0.15) is 0 Å². The van der Waals surface area contributed by atoms with E-state index in [2.05, 4.69) is 20.9 Å². The molecule has 4 bridgehead atoms. The van der Waals surface area contributed by atoms with E-state index in [-0.39, 0.29) is 47.8 Å². The van der Waals surface area contributed by atoms with E-state index in [9.17, 15) is 28.7 Å². The van der Waals surface area contributed by atoms with E-state index in [0.29, 0.717) is 55.7 Å². The first-order valence-electron chi connectivity index (χ1n) is 14.9. The zero-order chi connectivity index (χ0) is 32.6. The van der Waals surface area contributed by atoms with Crippen molar-refractivity contribution in [2.45, 2.75) is 36.9 Å². The van der Waals surface area contributed by atoms with Crippen LogP contribution in [0.15, 0.2) is 58.9 Å². The largest absolute Gasteiger partial charge is 0.507 e. The molecule has 13 heteroatoms. The van der Waals surface area contributed by atoms with E-state index in [1.54, 1.807) is 29.2 Å². The maximum Gasteiger partial charge on any atom is 0.254 e. The van der Waals surface area contributed by atoms with E-state index >= 15 is 0 Å². The molecule has 0 spiro atoms. The summed E-state index contributed by atoms with van der Waals surface area (Å²) in [6.07, 6.45) is 1.64. The van der Waals surface area contributed by atoms with Crippen LogP contribution in [0, 0.1) is 5.82 Å². The highest BCUT2D eigenvalue weighted by Crippen LogP contribution is 2.33. The standard InChI is InChI=1S/C33H34FN5O5S2/c1-20(40)37-23-7-9-27-29(18-23)46-33(38-27)45-19-31(43)39-14-2-4-30(42)35-13-11-21-5-10-28(41)24(16-21)22-6-8-26(34)25(17-22)32(44)36-12-3-15-39/h5-10,16-18,41H,2-4,11-15,19H2,1H3,(H,35,42)(H,36,44)(H,37,40). The fourth-order valence-corrected chi connectivity index (χ4v) is 7.10. The molecule has 2 heterocycles. The number of aromatic hydroxyl groups is 1. The summed E-state index contributed by atoms with van der Waals surface area (Å²) in [5, 5.41) is 18.9. The number of halogens is 1. The lowest BCUT2D eigenvalue weighted by Gasteiger charge is -2.22. The number of rotatable bonds is 4. The Morgan fingerprint density at radius 2 is 1.83 bits per heavy atom. The van der Waals surface area contributed by atoms with Crippen molar-refractivity contribution in [1.29, 1.82) is 0 Å². The number of phenols is 1. The summed E-state index contributed by atoms with van der Waals surface area (Å²) >= 11 is 2.75. The number of aromatic nitrogens is 1. The van der Waals surface area contributed by atoms with Gasteiger partial charge >= 0.3 is 0 Å². The van der Waals surface area contributed by atoms with Gasteiger partial charge in [0.2, 0.25) is 17.7 Å². The van der Waals surface area contributed by atoms with Crippen LogP contribution in [-0.2, 0) is 20.8 Å². The van der Waals surface area contributed by atoms with Gasteiger partial charge in [-0.25, -0.2) is 9.37 Å². The molecule has 3 aromatic carbocycles. The third kappa shape index (κ3) is 8.61. The number of carbonyl (C=O) groups is 4. The topological polar surface area (TPSA) is 141 Å². The highest BCUT2D eigenvalue weighted by Gasteiger charge is 2.18. The number of phenolic OH excluding ortho intramolecular Hbond substituents is 1. The molecule has 1 aliphatic rings. The molecule has 4 aromatic rings. The molecule has 5 rings (SSSR count). The molecular weight excluding hydrogens is 630 g/mol. The van der Waals surface area contributed by atoms with Crippen LogP contribution in [0.3, 0.4) is 0 Å². The third-order valence-corrected chi connectivity index (χ3v) is 9.55. The molecule has 0 radical (unpaired) electrons. The molecule has 46 heavy (non-hydrogen) atoms. The molecule has 1 aromatic heterocycles. The smallest absolute Gasteiger partial charge is 0.254 e.